The number of aryl methyl sites for hydroxylation is 1. The van der Waals surface area contributed by atoms with Gasteiger partial charge in [-0.2, -0.15) is 5.10 Å². The summed E-state index contributed by atoms with van der Waals surface area (Å²) in [5.74, 6) is -1.05. The van der Waals surface area contributed by atoms with Crippen molar-refractivity contribution in [3.05, 3.63) is 47.8 Å². The molecule has 136 valence electrons. The molecule has 2 aromatic rings. The molecule has 2 N–H and O–H groups in total. The largest absolute Gasteiger partial charge is 0.467 e. The minimum Gasteiger partial charge on any atom is -0.467 e. The van der Waals surface area contributed by atoms with E-state index in [0.29, 0.717) is 16.9 Å². The lowest BCUT2D eigenvalue weighted by Crippen LogP contribution is -2.35. The molecule has 0 unspecified atom stereocenters. The molecule has 1 aliphatic rings. The molecule has 1 saturated carbocycles. The summed E-state index contributed by atoms with van der Waals surface area (Å²) < 4.78 is 6.30. The highest BCUT2D eigenvalue weighted by atomic mass is 16.5. The highest BCUT2D eigenvalue weighted by molar-refractivity contribution is 5.99. The number of ether oxygens (including phenoxy) is 1. The maximum atomic E-state index is 12.6. The number of methoxy groups -OCH3 is 1. The monoisotopic (exact) mass is 356 g/mol. The quantitative estimate of drug-likeness (QED) is 0.762. The Labute approximate surface area is 150 Å². The Morgan fingerprint density at radius 1 is 1.27 bits per heavy atom. The van der Waals surface area contributed by atoms with E-state index in [-0.39, 0.29) is 11.8 Å². The molecular weight excluding hydrogens is 336 g/mol. The van der Waals surface area contributed by atoms with Crippen molar-refractivity contribution in [2.24, 2.45) is 13.0 Å². The van der Waals surface area contributed by atoms with E-state index in [2.05, 4.69) is 15.7 Å². The van der Waals surface area contributed by atoms with E-state index in [4.69, 9.17) is 4.74 Å². The second-order valence-electron chi connectivity index (χ2n) is 6.19. The van der Waals surface area contributed by atoms with Crippen molar-refractivity contribution in [3.8, 4) is 0 Å². The molecular formula is C18H20N4O4. The molecule has 8 nitrogen and oxygen atoms in total. The molecule has 0 aliphatic heterocycles. The van der Waals surface area contributed by atoms with Crippen molar-refractivity contribution >= 4 is 23.5 Å². The third-order valence-electron chi connectivity index (χ3n) is 4.08. The summed E-state index contributed by atoms with van der Waals surface area (Å²) in [6, 6.07) is 7.18. The summed E-state index contributed by atoms with van der Waals surface area (Å²) in [5.41, 5.74) is 1.25. The molecule has 1 aromatic heterocycles. The van der Waals surface area contributed by atoms with Crippen LogP contribution in [-0.4, -0.2) is 34.7 Å². The van der Waals surface area contributed by atoms with Gasteiger partial charge in [-0.25, -0.2) is 4.79 Å². The summed E-state index contributed by atoms with van der Waals surface area (Å²) in [4.78, 5) is 36.5. The predicted molar refractivity (Wildman–Crippen MR) is 93.2 cm³/mol. The van der Waals surface area contributed by atoms with Crippen LogP contribution in [0.2, 0.25) is 0 Å². The van der Waals surface area contributed by atoms with Crippen molar-refractivity contribution in [2.45, 2.75) is 18.9 Å². The average molecular weight is 356 g/mol. The number of hydrogen-bond donors (Lipinski definition) is 2. The Morgan fingerprint density at radius 3 is 2.65 bits per heavy atom. The van der Waals surface area contributed by atoms with Crippen molar-refractivity contribution < 1.29 is 19.1 Å². The van der Waals surface area contributed by atoms with E-state index in [1.165, 1.54) is 11.8 Å². The topological polar surface area (TPSA) is 102 Å². The molecule has 1 aromatic carbocycles. The summed E-state index contributed by atoms with van der Waals surface area (Å²) in [6.07, 6.45) is 3.47. The van der Waals surface area contributed by atoms with Gasteiger partial charge in [-0.3, -0.25) is 14.3 Å². The van der Waals surface area contributed by atoms with Gasteiger partial charge in [0.25, 0.3) is 5.91 Å². The first kappa shape index (κ1) is 17.7. The highest BCUT2D eigenvalue weighted by Crippen LogP contribution is 2.30. The van der Waals surface area contributed by atoms with Gasteiger partial charge >= 0.3 is 5.97 Å². The standard InChI is InChI=1S/C18H20N4O4/c1-22-9-8-14(21-22)15(18(25)26-2)20-17(24)12-4-3-5-13(10-12)19-16(23)11-6-7-11/h3-5,8-11,15H,6-7H2,1-2H3,(H,19,23)(H,20,24)/t15-/m0/s1. The number of nitrogens with zero attached hydrogens (tertiary/aromatic N) is 2. The van der Waals surface area contributed by atoms with E-state index in [1.54, 1.807) is 43.6 Å². The van der Waals surface area contributed by atoms with Crippen LogP contribution in [0.3, 0.4) is 0 Å². The Bertz CT molecular complexity index is 841. The predicted octanol–water partition coefficient (Wildman–Crippen LogP) is 1.41. The van der Waals surface area contributed by atoms with Gasteiger partial charge in [0.05, 0.1) is 12.8 Å². The van der Waals surface area contributed by atoms with Crippen LogP contribution in [0.25, 0.3) is 0 Å². The van der Waals surface area contributed by atoms with E-state index in [9.17, 15) is 14.4 Å². The minimum atomic E-state index is -1.02. The molecule has 0 radical (unpaired) electrons. The number of carbonyl (C=O) groups excluding carboxylic acids is 3. The van der Waals surface area contributed by atoms with Gasteiger partial charge in [0.1, 0.15) is 0 Å². The Balaban J connectivity index is 1.74. The smallest absolute Gasteiger partial charge is 0.334 e. The first-order valence-electron chi connectivity index (χ1n) is 8.27. The third-order valence-corrected chi connectivity index (χ3v) is 4.08. The van der Waals surface area contributed by atoms with Gasteiger partial charge in [0.15, 0.2) is 6.04 Å². The zero-order valence-corrected chi connectivity index (χ0v) is 14.6. The molecule has 1 heterocycles. The second kappa shape index (κ2) is 7.38. The first-order chi connectivity index (χ1) is 12.5. The van der Waals surface area contributed by atoms with Crippen LogP contribution in [-0.2, 0) is 21.4 Å². The molecule has 2 amide bonds. The number of aromatic nitrogens is 2. The zero-order valence-electron chi connectivity index (χ0n) is 14.6. The fourth-order valence-corrected chi connectivity index (χ4v) is 2.50. The molecule has 1 atom stereocenters. The summed E-state index contributed by atoms with van der Waals surface area (Å²) in [5, 5.41) is 9.58. The van der Waals surface area contributed by atoms with E-state index in [0.717, 1.165) is 12.8 Å². The van der Waals surface area contributed by atoms with E-state index in [1.807, 2.05) is 0 Å². The normalized spacial score (nSPS) is 14.4. The van der Waals surface area contributed by atoms with Gasteiger partial charge in [-0.05, 0) is 37.1 Å². The first-order valence-corrected chi connectivity index (χ1v) is 8.27. The van der Waals surface area contributed by atoms with Gasteiger partial charge in [0, 0.05) is 30.4 Å². The highest BCUT2D eigenvalue weighted by Gasteiger charge is 2.30. The van der Waals surface area contributed by atoms with Crippen molar-refractivity contribution in [3.63, 3.8) is 0 Å². The van der Waals surface area contributed by atoms with Crippen molar-refractivity contribution in [1.29, 1.82) is 0 Å². The van der Waals surface area contributed by atoms with Crippen LogP contribution in [0.1, 0.15) is 34.9 Å². The third kappa shape index (κ3) is 4.08. The van der Waals surface area contributed by atoms with Crippen LogP contribution in [0.5, 0.6) is 0 Å². The number of benzene rings is 1. The van der Waals surface area contributed by atoms with Crippen molar-refractivity contribution in [1.82, 2.24) is 15.1 Å². The SMILES string of the molecule is COC(=O)[C@@H](NC(=O)c1cccc(NC(=O)C2CC2)c1)c1ccn(C)n1. The lowest BCUT2D eigenvalue weighted by atomic mass is 10.1. The van der Waals surface area contributed by atoms with E-state index < -0.39 is 17.9 Å². The Morgan fingerprint density at radius 2 is 2.04 bits per heavy atom. The molecule has 1 aliphatic carbocycles. The maximum absolute atomic E-state index is 12.6. The number of nitrogens with one attached hydrogen (secondary N) is 2. The van der Waals surface area contributed by atoms with Crippen LogP contribution >= 0.6 is 0 Å². The number of rotatable bonds is 6. The fraction of sp³-hybridized carbons (Fsp3) is 0.333. The molecule has 26 heavy (non-hydrogen) atoms. The lowest BCUT2D eigenvalue weighted by Gasteiger charge is -2.15. The van der Waals surface area contributed by atoms with Crippen LogP contribution < -0.4 is 10.6 Å². The minimum absolute atomic E-state index is 0.0384. The zero-order chi connectivity index (χ0) is 18.7. The average Bonchev–Trinajstić information content (AvgIpc) is 3.41. The number of esters is 1. The fourth-order valence-electron chi connectivity index (χ4n) is 2.50. The molecule has 3 rings (SSSR count). The number of amides is 2. The van der Waals surface area contributed by atoms with Gasteiger partial charge < -0.3 is 15.4 Å². The molecule has 0 bridgehead atoms. The molecule has 0 spiro atoms. The maximum Gasteiger partial charge on any atom is 0.334 e. The van der Waals surface area contributed by atoms with E-state index >= 15 is 0 Å². The summed E-state index contributed by atoms with van der Waals surface area (Å²) >= 11 is 0. The lowest BCUT2D eigenvalue weighted by molar-refractivity contribution is -0.143. The number of hydrogen-bond acceptors (Lipinski definition) is 5. The van der Waals surface area contributed by atoms with Gasteiger partial charge in [-0.1, -0.05) is 6.07 Å². The number of carbonyl (C=O) groups is 3. The Hall–Kier alpha value is -3.16. The summed E-state index contributed by atoms with van der Waals surface area (Å²) in [7, 11) is 2.96. The van der Waals surface area contributed by atoms with Crippen LogP contribution in [0.4, 0.5) is 5.69 Å². The van der Waals surface area contributed by atoms with Gasteiger partial charge in [0.2, 0.25) is 5.91 Å². The Kier molecular flexibility index (Phi) is 5.01. The van der Waals surface area contributed by atoms with Crippen molar-refractivity contribution in [2.75, 3.05) is 12.4 Å². The summed E-state index contributed by atoms with van der Waals surface area (Å²) in [6.45, 7) is 0. The van der Waals surface area contributed by atoms with Crippen LogP contribution in [0.15, 0.2) is 36.5 Å². The van der Waals surface area contributed by atoms with Gasteiger partial charge in [-0.15, -0.1) is 0 Å². The molecule has 0 saturated heterocycles. The molecule has 1 fully saturated rings. The van der Waals surface area contributed by atoms with Crippen LogP contribution in [0, 0.1) is 5.92 Å². The second-order valence-corrected chi connectivity index (χ2v) is 6.19. The number of anilines is 1. The molecule has 8 heteroatoms.